The molecule has 154 valence electrons. The molecule has 0 radical (unpaired) electrons. The van der Waals surface area contributed by atoms with E-state index in [2.05, 4.69) is 27.0 Å². The van der Waals surface area contributed by atoms with Gasteiger partial charge in [-0.2, -0.15) is 0 Å². The highest BCUT2D eigenvalue weighted by Gasteiger charge is 2.29. The Morgan fingerprint density at radius 3 is 2.42 bits per heavy atom. The van der Waals surface area contributed by atoms with Crippen molar-refractivity contribution in [2.24, 2.45) is 10.9 Å². The van der Waals surface area contributed by atoms with Gasteiger partial charge in [0.1, 0.15) is 0 Å². The third-order valence-electron chi connectivity index (χ3n) is 5.19. The summed E-state index contributed by atoms with van der Waals surface area (Å²) in [5.41, 5.74) is 0. The molecule has 6 nitrogen and oxygen atoms in total. The molecule has 26 heavy (non-hydrogen) atoms. The van der Waals surface area contributed by atoms with Gasteiger partial charge in [0.25, 0.3) is 0 Å². The number of likely N-dealkylation sites (tertiary alicyclic amines) is 2. The van der Waals surface area contributed by atoms with Crippen LogP contribution in [0.5, 0.6) is 0 Å². The molecule has 0 aliphatic carbocycles. The van der Waals surface area contributed by atoms with Crippen LogP contribution in [-0.2, 0) is 9.84 Å². The van der Waals surface area contributed by atoms with Gasteiger partial charge in [0.2, 0.25) is 0 Å². The van der Waals surface area contributed by atoms with Crippen LogP contribution in [0.2, 0.25) is 0 Å². The van der Waals surface area contributed by atoms with E-state index < -0.39 is 14.6 Å². The largest absolute Gasteiger partial charge is 0.357 e. The van der Waals surface area contributed by atoms with Gasteiger partial charge in [-0.3, -0.25) is 4.99 Å². The van der Waals surface area contributed by atoms with Crippen LogP contribution in [0.15, 0.2) is 4.99 Å². The molecule has 0 aromatic carbocycles. The van der Waals surface area contributed by atoms with Crippen molar-refractivity contribution < 1.29 is 8.42 Å². The molecule has 2 rings (SSSR count). The molecular formula is C18H37IN4O2S. The Morgan fingerprint density at radius 1 is 1.19 bits per heavy atom. The summed E-state index contributed by atoms with van der Waals surface area (Å²) in [6.45, 7) is 14.2. The predicted molar refractivity (Wildman–Crippen MR) is 120 cm³/mol. The number of sulfone groups is 1. The number of rotatable bonds is 6. The van der Waals surface area contributed by atoms with Gasteiger partial charge >= 0.3 is 0 Å². The van der Waals surface area contributed by atoms with Crippen LogP contribution < -0.4 is 5.32 Å². The lowest BCUT2D eigenvalue weighted by atomic mass is 10.1. The molecule has 1 atom stereocenters. The first-order chi connectivity index (χ1) is 11.7. The van der Waals surface area contributed by atoms with E-state index in [1.54, 1.807) is 20.8 Å². The first kappa shape index (κ1) is 23.9. The van der Waals surface area contributed by atoms with Crippen molar-refractivity contribution in [2.75, 3.05) is 51.6 Å². The molecule has 0 bridgehead atoms. The molecule has 2 aliphatic heterocycles. The lowest BCUT2D eigenvalue weighted by Gasteiger charge is -2.24. The molecule has 2 heterocycles. The molecule has 2 aliphatic rings. The molecule has 0 saturated carbocycles. The van der Waals surface area contributed by atoms with Gasteiger partial charge in [0.05, 0.1) is 17.0 Å². The van der Waals surface area contributed by atoms with Gasteiger partial charge in [0, 0.05) is 26.2 Å². The quantitative estimate of drug-likeness (QED) is 0.344. The first-order valence-corrected chi connectivity index (χ1v) is 11.4. The highest BCUT2D eigenvalue weighted by Crippen LogP contribution is 2.20. The summed E-state index contributed by atoms with van der Waals surface area (Å²) < 4.78 is 23.8. The number of nitrogens with zero attached hydrogens (tertiary/aromatic N) is 3. The number of hydrogen-bond acceptors (Lipinski definition) is 4. The standard InChI is InChI=1S/C18H36N4O2S.HI/c1-5-19-17(20-9-13-25(23,24)18(2,3)4)22-12-8-16(15-22)14-21-10-6-7-11-21;/h16H,5-15H2,1-4H3,(H,19,20);1H. The van der Waals surface area contributed by atoms with Crippen molar-refractivity contribution in [3.63, 3.8) is 0 Å². The van der Waals surface area contributed by atoms with Crippen LogP contribution in [0, 0.1) is 5.92 Å². The normalized spacial score (nSPS) is 22.5. The summed E-state index contributed by atoms with van der Waals surface area (Å²) in [6, 6.07) is 0. The fourth-order valence-electron chi connectivity index (χ4n) is 3.51. The molecule has 1 unspecified atom stereocenters. The van der Waals surface area contributed by atoms with Gasteiger partial charge in [0.15, 0.2) is 15.8 Å². The van der Waals surface area contributed by atoms with Crippen molar-refractivity contribution >= 4 is 39.8 Å². The topological polar surface area (TPSA) is 65.0 Å². The molecular weight excluding hydrogens is 463 g/mol. The summed E-state index contributed by atoms with van der Waals surface area (Å²) in [7, 11) is -3.12. The van der Waals surface area contributed by atoms with E-state index in [4.69, 9.17) is 0 Å². The SMILES string of the molecule is CCNC(=NCCS(=O)(=O)C(C)(C)C)N1CCC(CN2CCCC2)C1.I. The van der Waals surface area contributed by atoms with Gasteiger partial charge in [-0.15, -0.1) is 24.0 Å². The average molecular weight is 500 g/mol. The number of guanidine groups is 1. The number of aliphatic imine (C=N–C) groups is 1. The molecule has 2 fully saturated rings. The number of hydrogen-bond donors (Lipinski definition) is 1. The third-order valence-corrected chi connectivity index (χ3v) is 7.78. The second kappa shape index (κ2) is 10.5. The van der Waals surface area contributed by atoms with Gasteiger partial charge in [-0.25, -0.2) is 8.42 Å². The Hall–Kier alpha value is -0.0900. The Balaban J connectivity index is 0.00000338. The minimum absolute atomic E-state index is 0. The first-order valence-electron chi connectivity index (χ1n) is 9.71. The smallest absolute Gasteiger partial charge is 0.193 e. The van der Waals surface area contributed by atoms with Gasteiger partial charge < -0.3 is 15.1 Å². The van der Waals surface area contributed by atoms with E-state index >= 15 is 0 Å². The van der Waals surface area contributed by atoms with E-state index in [0.717, 1.165) is 25.6 Å². The summed E-state index contributed by atoms with van der Waals surface area (Å²) >= 11 is 0. The van der Waals surface area contributed by atoms with E-state index in [9.17, 15) is 8.42 Å². The Morgan fingerprint density at radius 2 is 1.85 bits per heavy atom. The molecule has 8 heteroatoms. The average Bonchev–Trinajstić information content (AvgIpc) is 3.17. The molecule has 0 aromatic heterocycles. The Labute approximate surface area is 177 Å². The monoisotopic (exact) mass is 500 g/mol. The minimum Gasteiger partial charge on any atom is -0.357 e. The fraction of sp³-hybridized carbons (Fsp3) is 0.944. The predicted octanol–water partition coefficient (Wildman–Crippen LogP) is 2.20. The van der Waals surface area contributed by atoms with Crippen LogP contribution in [0.4, 0.5) is 0 Å². The molecule has 0 aromatic rings. The van der Waals surface area contributed by atoms with Crippen LogP contribution in [0.3, 0.4) is 0 Å². The third kappa shape index (κ3) is 6.82. The molecule has 2 saturated heterocycles. The highest BCUT2D eigenvalue weighted by molar-refractivity contribution is 14.0. The maximum Gasteiger partial charge on any atom is 0.193 e. The van der Waals surface area contributed by atoms with Gasteiger partial charge in [-0.05, 0) is 66.0 Å². The van der Waals surface area contributed by atoms with Gasteiger partial charge in [-0.1, -0.05) is 0 Å². The van der Waals surface area contributed by atoms with Crippen LogP contribution >= 0.6 is 24.0 Å². The maximum absolute atomic E-state index is 12.2. The Kier molecular flexibility index (Phi) is 9.63. The van der Waals surface area contributed by atoms with Crippen molar-refractivity contribution in [3.05, 3.63) is 0 Å². The number of nitrogens with one attached hydrogen (secondary N) is 1. The van der Waals surface area contributed by atoms with E-state index in [1.807, 2.05) is 0 Å². The lowest BCUT2D eigenvalue weighted by molar-refractivity contribution is 0.281. The van der Waals surface area contributed by atoms with Crippen LogP contribution in [0.1, 0.15) is 47.0 Å². The molecule has 0 spiro atoms. The summed E-state index contributed by atoms with van der Waals surface area (Å²) in [4.78, 5) is 9.48. The zero-order chi connectivity index (χ0) is 18.5. The minimum atomic E-state index is -3.12. The summed E-state index contributed by atoms with van der Waals surface area (Å²) in [5.74, 6) is 1.67. The highest BCUT2D eigenvalue weighted by atomic mass is 127. The van der Waals surface area contributed by atoms with Crippen molar-refractivity contribution in [1.82, 2.24) is 15.1 Å². The fourth-order valence-corrected chi connectivity index (χ4v) is 4.45. The van der Waals surface area contributed by atoms with E-state index in [-0.39, 0.29) is 29.7 Å². The van der Waals surface area contributed by atoms with Crippen LogP contribution in [-0.4, -0.2) is 80.5 Å². The van der Waals surface area contributed by atoms with Crippen molar-refractivity contribution in [2.45, 2.75) is 51.7 Å². The second-order valence-electron chi connectivity index (χ2n) is 8.28. The zero-order valence-corrected chi connectivity index (χ0v) is 20.0. The van der Waals surface area contributed by atoms with E-state index in [0.29, 0.717) is 12.5 Å². The zero-order valence-electron chi connectivity index (χ0n) is 16.8. The summed E-state index contributed by atoms with van der Waals surface area (Å²) in [5, 5.41) is 3.33. The van der Waals surface area contributed by atoms with Crippen LogP contribution in [0.25, 0.3) is 0 Å². The van der Waals surface area contributed by atoms with Crippen molar-refractivity contribution in [3.8, 4) is 0 Å². The van der Waals surface area contributed by atoms with E-state index in [1.165, 1.54) is 38.9 Å². The Bertz CT molecular complexity index is 554. The molecule has 1 N–H and O–H groups in total. The molecule has 0 amide bonds. The lowest BCUT2D eigenvalue weighted by Crippen LogP contribution is -2.41. The van der Waals surface area contributed by atoms with Crippen molar-refractivity contribution in [1.29, 1.82) is 0 Å². The maximum atomic E-state index is 12.2. The summed E-state index contributed by atoms with van der Waals surface area (Å²) in [6.07, 6.45) is 3.87. The second-order valence-corrected chi connectivity index (χ2v) is 11.1. The number of halogens is 1.